The highest BCUT2D eigenvalue weighted by molar-refractivity contribution is 6.42. The lowest BCUT2D eigenvalue weighted by atomic mass is 10.1. The molecule has 102 valence electrons. The highest BCUT2D eigenvalue weighted by Gasteiger charge is 2.39. The molecule has 0 saturated carbocycles. The molecule has 2 aromatic heterocycles. The van der Waals surface area contributed by atoms with Crippen molar-refractivity contribution in [2.75, 3.05) is 6.61 Å². The van der Waals surface area contributed by atoms with Crippen LogP contribution < -0.4 is 0 Å². The van der Waals surface area contributed by atoms with E-state index in [0.717, 1.165) is 0 Å². The molecule has 0 spiro atoms. The van der Waals surface area contributed by atoms with Gasteiger partial charge < -0.3 is 14.9 Å². The Labute approximate surface area is 123 Å². The molecule has 3 rings (SSSR count). The monoisotopic (exact) mass is 322 g/mol. The summed E-state index contributed by atoms with van der Waals surface area (Å²) in [4.78, 5) is 4.13. The van der Waals surface area contributed by atoms with Gasteiger partial charge in [0.2, 0.25) is 0 Å². The summed E-state index contributed by atoms with van der Waals surface area (Å²) < 4.78 is 6.96. The zero-order chi connectivity index (χ0) is 13.7. The van der Waals surface area contributed by atoms with Crippen molar-refractivity contribution in [3.05, 3.63) is 33.2 Å². The van der Waals surface area contributed by atoms with Crippen LogP contribution in [0.2, 0.25) is 15.2 Å². The van der Waals surface area contributed by atoms with Gasteiger partial charge in [-0.15, -0.1) is 0 Å². The molecule has 0 aromatic carbocycles. The minimum atomic E-state index is -1.06. The molecular weight excluding hydrogens is 314 g/mol. The molecule has 1 aliphatic heterocycles. The second kappa shape index (κ2) is 4.77. The van der Waals surface area contributed by atoms with Crippen molar-refractivity contribution < 1.29 is 14.9 Å². The number of fused-ring (bicyclic) bond motifs is 1. The number of nitrogens with zero attached hydrogens (tertiary/aromatic N) is 2. The Morgan fingerprint density at radius 3 is 2.63 bits per heavy atom. The third-order valence-electron chi connectivity index (χ3n) is 3.08. The molecule has 19 heavy (non-hydrogen) atoms. The molecule has 0 radical (unpaired) electrons. The minimum Gasteiger partial charge on any atom is -0.388 e. The number of aliphatic hydroxyl groups excluding tert-OH is 2. The number of aliphatic hydroxyl groups is 2. The van der Waals surface area contributed by atoms with Gasteiger partial charge in [0.05, 0.1) is 22.3 Å². The van der Waals surface area contributed by atoms with Gasteiger partial charge in [0.1, 0.15) is 24.0 Å². The number of hydrogen-bond acceptors (Lipinski definition) is 4. The normalized spacial score (nSPS) is 27.3. The maximum Gasteiger partial charge on any atom is 0.154 e. The summed E-state index contributed by atoms with van der Waals surface area (Å²) in [5.74, 6) is 0. The first-order valence-corrected chi connectivity index (χ1v) is 6.62. The predicted molar refractivity (Wildman–Crippen MR) is 70.9 cm³/mol. The van der Waals surface area contributed by atoms with Crippen LogP contribution in [0.4, 0.5) is 0 Å². The Morgan fingerprint density at radius 1 is 1.26 bits per heavy atom. The van der Waals surface area contributed by atoms with E-state index in [1.54, 1.807) is 16.7 Å². The number of halogens is 3. The fourth-order valence-electron chi connectivity index (χ4n) is 2.13. The van der Waals surface area contributed by atoms with Crippen molar-refractivity contribution in [1.82, 2.24) is 9.38 Å². The lowest BCUT2D eigenvalue weighted by Crippen LogP contribution is -2.25. The molecule has 2 N–H and O–H groups in total. The van der Waals surface area contributed by atoms with Gasteiger partial charge in [-0.25, -0.2) is 4.98 Å². The quantitative estimate of drug-likeness (QED) is 0.843. The van der Waals surface area contributed by atoms with Crippen LogP contribution in [0.3, 0.4) is 0 Å². The summed E-state index contributed by atoms with van der Waals surface area (Å²) in [6.07, 6.45) is -1.22. The first-order valence-electron chi connectivity index (χ1n) is 5.49. The lowest BCUT2D eigenvalue weighted by Gasteiger charge is -2.15. The number of imidazole rings is 1. The molecule has 3 heterocycles. The molecule has 1 fully saturated rings. The maximum atomic E-state index is 9.90. The van der Waals surface area contributed by atoms with Gasteiger partial charge in [-0.3, -0.25) is 4.40 Å². The Bertz CT molecular complexity index is 646. The average Bonchev–Trinajstić information content (AvgIpc) is 2.82. The van der Waals surface area contributed by atoms with E-state index in [1.165, 1.54) is 0 Å². The van der Waals surface area contributed by atoms with E-state index < -0.39 is 18.3 Å². The predicted octanol–water partition coefficient (Wildman–Crippen LogP) is 2.09. The van der Waals surface area contributed by atoms with Crippen molar-refractivity contribution in [1.29, 1.82) is 0 Å². The molecule has 5 nitrogen and oxygen atoms in total. The fraction of sp³-hybridized carbons (Fsp3) is 0.364. The molecule has 0 aliphatic carbocycles. The molecule has 0 amide bonds. The van der Waals surface area contributed by atoms with Crippen LogP contribution in [0.15, 0.2) is 12.3 Å². The Hall–Kier alpha value is -0.560. The van der Waals surface area contributed by atoms with Crippen LogP contribution in [0.25, 0.3) is 5.65 Å². The summed E-state index contributed by atoms with van der Waals surface area (Å²) >= 11 is 18.0. The topological polar surface area (TPSA) is 67.0 Å². The summed E-state index contributed by atoms with van der Waals surface area (Å²) in [7, 11) is 0. The van der Waals surface area contributed by atoms with Crippen LogP contribution in [0.5, 0.6) is 0 Å². The molecule has 8 heteroatoms. The van der Waals surface area contributed by atoms with Gasteiger partial charge in [0.15, 0.2) is 5.15 Å². The van der Waals surface area contributed by atoms with E-state index in [2.05, 4.69) is 4.98 Å². The Balaban J connectivity index is 2.18. The average molecular weight is 324 g/mol. The van der Waals surface area contributed by atoms with Crippen LogP contribution in [-0.4, -0.2) is 38.4 Å². The second-order valence-corrected chi connectivity index (χ2v) is 5.47. The highest BCUT2D eigenvalue weighted by Crippen LogP contribution is 2.35. The van der Waals surface area contributed by atoms with Crippen LogP contribution in [0, 0.1) is 0 Å². The van der Waals surface area contributed by atoms with E-state index in [9.17, 15) is 10.2 Å². The van der Waals surface area contributed by atoms with E-state index >= 15 is 0 Å². The van der Waals surface area contributed by atoms with Gasteiger partial charge in [-0.2, -0.15) is 0 Å². The summed E-state index contributed by atoms with van der Waals surface area (Å²) in [6.45, 7) is 0.0384. The molecule has 2 aromatic rings. The van der Waals surface area contributed by atoms with Gasteiger partial charge >= 0.3 is 0 Å². The third-order valence-corrected chi connectivity index (χ3v) is 4.07. The molecule has 0 bridgehead atoms. The third kappa shape index (κ3) is 2.11. The first-order chi connectivity index (χ1) is 8.99. The standard InChI is InChI=1S/C11H9Cl3N2O3/c12-4-1-7-15-11(14)8(16(7)2-5(4)13)10-9(18)6(17)3-19-10/h1-2,6,9-10,17-18H,3H2/t6-,9-,10+/m1/s1. The highest BCUT2D eigenvalue weighted by atomic mass is 35.5. The number of aromatic nitrogens is 2. The number of hydrogen-bond donors (Lipinski definition) is 2. The van der Waals surface area contributed by atoms with Crippen LogP contribution in [-0.2, 0) is 4.74 Å². The minimum absolute atomic E-state index is 0.0384. The number of rotatable bonds is 1. The number of ether oxygens (including phenoxy) is 1. The van der Waals surface area contributed by atoms with Gasteiger partial charge in [-0.1, -0.05) is 34.8 Å². The van der Waals surface area contributed by atoms with Crippen molar-refractivity contribution >= 4 is 40.4 Å². The van der Waals surface area contributed by atoms with E-state index in [-0.39, 0.29) is 11.8 Å². The molecule has 1 aliphatic rings. The Kier molecular flexibility index (Phi) is 3.37. The van der Waals surface area contributed by atoms with Crippen molar-refractivity contribution in [2.24, 2.45) is 0 Å². The zero-order valence-corrected chi connectivity index (χ0v) is 11.7. The second-order valence-electron chi connectivity index (χ2n) is 4.30. The van der Waals surface area contributed by atoms with E-state index in [1.807, 2.05) is 0 Å². The van der Waals surface area contributed by atoms with Crippen molar-refractivity contribution in [3.8, 4) is 0 Å². The van der Waals surface area contributed by atoms with Gasteiger partial charge in [-0.05, 0) is 0 Å². The molecule has 3 atom stereocenters. The maximum absolute atomic E-state index is 9.90. The summed E-state index contributed by atoms with van der Waals surface area (Å²) in [5.41, 5.74) is 0.936. The largest absolute Gasteiger partial charge is 0.388 e. The zero-order valence-electron chi connectivity index (χ0n) is 9.42. The first kappa shape index (κ1) is 13.4. The Morgan fingerprint density at radius 2 is 2.00 bits per heavy atom. The lowest BCUT2D eigenvalue weighted by molar-refractivity contribution is 0.0202. The molecular formula is C11H9Cl3N2O3. The smallest absolute Gasteiger partial charge is 0.154 e. The summed E-state index contributed by atoms with van der Waals surface area (Å²) in [6, 6.07) is 1.57. The van der Waals surface area contributed by atoms with Gasteiger partial charge in [0, 0.05) is 12.3 Å². The molecule has 0 unspecified atom stereocenters. The van der Waals surface area contributed by atoms with Crippen LogP contribution in [0.1, 0.15) is 11.8 Å². The van der Waals surface area contributed by atoms with Gasteiger partial charge in [0.25, 0.3) is 0 Å². The van der Waals surface area contributed by atoms with Crippen molar-refractivity contribution in [2.45, 2.75) is 18.3 Å². The SMILES string of the molecule is O[C@@H]1[C@H](O)CO[C@H]1c1c(Cl)nc2cc(Cl)c(Cl)cn12. The molecule has 1 saturated heterocycles. The number of pyridine rings is 1. The fourth-order valence-corrected chi connectivity index (χ4v) is 2.71. The summed E-state index contributed by atoms with van der Waals surface area (Å²) in [5, 5.41) is 20.3. The van der Waals surface area contributed by atoms with E-state index in [4.69, 9.17) is 39.5 Å². The van der Waals surface area contributed by atoms with E-state index in [0.29, 0.717) is 21.4 Å². The van der Waals surface area contributed by atoms with Crippen molar-refractivity contribution in [3.63, 3.8) is 0 Å². The van der Waals surface area contributed by atoms with Crippen LogP contribution >= 0.6 is 34.8 Å².